The maximum atomic E-state index is 9.21. The number of hydrogen-bond acceptors (Lipinski definition) is 4. The van der Waals surface area contributed by atoms with E-state index in [1.807, 2.05) is 19.3 Å². The molecule has 1 aliphatic carbocycles. The van der Waals surface area contributed by atoms with Crippen molar-refractivity contribution < 1.29 is 5.11 Å². The minimum atomic E-state index is 0.307. The zero-order valence-corrected chi connectivity index (χ0v) is 9.69. The largest absolute Gasteiger partial charge is 0.396 e. The number of hydrogen-bond donors (Lipinski definition) is 2. The van der Waals surface area contributed by atoms with Crippen LogP contribution in [-0.2, 0) is 0 Å². The van der Waals surface area contributed by atoms with E-state index in [-0.39, 0.29) is 0 Å². The van der Waals surface area contributed by atoms with Crippen molar-refractivity contribution in [2.45, 2.75) is 26.2 Å². The first-order valence-corrected chi connectivity index (χ1v) is 5.93. The van der Waals surface area contributed by atoms with Gasteiger partial charge in [-0.2, -0.15) is 0 Å². The molecule has 0 aliphatic heterocycles. The monoisotopic (exact) mass is 221 g/mol. The van der Waals surface area contributed by atoms with Crippen LogP contribution in [-0.4, -0.2) is 28.2 Å². The summed E-state index contributed by atoms with van der Waals surface area (Å²) in [6.07, 6.45) is 7.20. The third-order valence-electron chi connectivity index (χ3n) is 3.35. The average Bonchev–Trinajstić information content (AvgIpc) is 2.76. The molecule has 0 spiro atoms. The van der Waals surface area contributed by atoms with E-state index in [2.05, 4.69) is 15.3 Å². The van der Waals surface area contributed by atoms with Gasteiger partial charge >= 0.3 is 0 Å². The Labute approximate surface area is 96.1 Å². The van der Waals surface area contributed by atoms with Crippen LogP contribution in [0.2, 0.25) is 0 Å². The Hall–Kier alpha value is -1.16. The smallest absolute Gasteiger partial charge is 0.222 e. The summed E-state index contributed by atoms with van der Waals surface area (Å²) in [4.78, 5) is 8.41. The molecule has 2 atom stereocenters. The summed E-state index contributed by atoms with van der Waals surface area (Å²) in [5.41, 5.74) is 1.07. The number of anilines is 1. The van der Waals surface area contributed by atoms with E-state index in [1.165, 1.54) is 12.8 Å². The molecule has 0 saturated heterocycles. The molecule has 88 valence electrons. The molecule has 1 aliphatic rings. The van der Waals surface area contributed by atoms with E-state index in [0.717, 1.165) is 18.5 Å². The lowest BCUT2D eigenvalue weighted by Gasteiger charge is -2.17. The molecule has 0 radical (unpaired) electrons. The van der Waals surface area contributed by atoms with Crippen LogP contribution in [0.15, 0.2) is 12.4 Å². The summed E-state index contributed by atoms with van der Waals surface area (Å²) in [7, 11) is 0. The van der Waals surface area contributed by atoms with E-state index in [1.54, 1.807) is 0 Å². The van der Waals surface area contributed by atoms with Crippen LogP contribution in [0.5, 0.6) is 0 Å². The number of aromatic nitrogens is 2. The zero-order valence-electron chi connectivity index (χ0n) is 9.69. The molecule has 4 heteroatoms. The quantitative estimate of drug-likeness (QED) is 0.811. The van der Waals surface area contributed by atoms with E-state index < -0.39 is 0 Å². The van der Waals surface area contributed by atoms with Gasteiger partial charge in [-0.05, 0) is 37.2 Å². The number of nitrogens with one attached hydrogen (secondary N) is 1. The SMILES string of the molecule is Cc1cnc(NCC2CCCC2CO)nc1. The van der Waals surface area contributed by atoms with E-state index in [9.17, 15) is 5.11 Å². The van der Waals surface area contributed by atoms with Crippen LogP contribution in [0.3, 0.4) is 0 Å². The summed E-state index contributed by atoms with van der Waals surface area (Å²) < 4.78 is 0. The predicted molar refractivity (Wildman–Crippen MR) is 63.2 cm³/mol. The Morgan fingerprint density at radius 1 is 1.31 bits per heavy atom. The molecule has 2 rings (SSSR count). The molecule has 0 bridgehead atoms. The first kappa shape index (κ1) is 11.3. The molecule has 1 heterocycles. The molecule has 16 heavy (non-hydrogen) atoms. The van der Waals surface area contributed by atoms with Gasteiger partial charge in [-0.1, -0.05) is 6.42 Å². The van der Waals surface area contributed by atoms with Crippen molar-refractivity contribution in [3.05, 3.63) is 18.0 Å². The minimum Gasteiger partial charge on any atom is -0.396 e. The van der Waals surface area contributed by atoms with Crippen LogP contribution in [0.1, 0.15) is 24.8 Å². The Morgan fingerprint density at radius 3 is 2.69 bits per heavy atom. The first-order valence-electron chi connectivity index (χ1n) is 5.93. The molecular formula is C12H19N3O. The lowest BCUT2D eigenvalue weighted by atomic mass is 9.97. The number of rotatable bonds is 4. The second kappa shape index (κ2) is 5.25. The van der Waals surface area contributed by atoms with E-state index >= 15 is 0 Å². The van der Waals surface area contributed by atoms with Gasteiger partial charge in [0.1, 0.15) is 0 Å². The molecule has 2 unspecified atom stereocenters. The van der Waals surface area contributed by atoms with Gasteiger partial charge in [0.15, 0.2) is 0 Å². The van der Waals surface area contributed by atoms with Crippen molar-refractivity contribution >= 4 is 5.95 Å². The van der Waals surface area contributed by atoms with Gasteiger partial charge in [0, 0.05) is 25.5 Å². The fraction of sp³-hybridized carbons (Fsp3) is 0.667. The molecule has 1 aromatic heterocycles. The second-order valence-corrected chi connectivity index (χ2v) is 4.60. The molecular weight excluding hydrogens is 202 g/mol. The van der Waals surface area contributed by atoms with Crippen molar-refractivity contribution in [2.24, 2.45) is 11.8 Å². The van der Waals surface area contributed by atoms with Crippen molar-refractivity contribution in [2.75, 3.05) is 18.5 Å². The van der Waals surface area contributed by atoms with Gasteiger partial charge in [0.2, 0.25) is 5.95 Å². The van der Waals surface area contributed by atoms with Crippen LogP contribution in [0.4, 0.5) is 5.95 Å². The lowest BCUT2D eigenvalue weighted by Crippen LogP contribution is -2.21. The number of nitrogens with zero attached hydrogens (tertiary/aromatic N) is 2. The highest BCUT2D eigenvalue weighted by Gasteiger charge is 2.26. The van der Waals surface area contributed by atoms with Crippen molar-refractivity contribution in [3.63, 3.8) is 0 Å². The van der Waals surface area contributed by atoms with Crippen LogP contribution in [0.25, 0.3) is 0 Å². The molecule has 1 aromatic rings. The van der Waals surface area contributed by atoms with Crippen LogP contribution < -0.4 is 5.32 Å². The van der Waals surface area contributed by atoms with Gasteiger partial charge < -0.3 is 10.4 Å². The van der Waals surface area contributed by atoms with E-state index in [4.69, 9.17) is 0 Å². The zero-order chi connectivity index (χ0) is 11.4. The Bertz CT molecular complexity index is 326. The van der Waals surface area contributed by atoms with Gasteiger partial charge in [-0.3, -0.25) is 0 Å². The van der Waals surface area contributed by atoms with Gasteiger partial charge in [0.25, 0.3) is 0 Å². The Morgan fingerprint density at radius 2 is 2.00 bits per heavy atom. The van der Waals surface area contributed by atoms with Crippen LogP contribution >= 0.6 is 0 Å². The molecule has 2 N–H and O–H groups in total. The Kier molecular flexibility index (Phi) is 3.72. The maximum Gasteiger partial charge on any atom is 0.222 e. The van der Waals surface area contributed by atoms with Gasteiger partial charge in [-0.25, -0.2) is 9.97 Å². The fourth-order valence-corrected chi connectivity index (χ4v) is 2.33. The highest BCUT2D eigenvalue weighted by molar-refractivity contribution is 5.24. The van der Waals surface area contributed by atoms with Gasteiger partial charge in [-0.15, -0.1) is 0 Å². The normalized spacial score (nSPS) is 24.6. The number of aliphatic hydroxyl groups is 1. The van der Waals surface area contributed by atoms with Crippen molar-refractivity contribution in [3.8, 4) is 0 Å². The lowest BCUT2D eigenvalue weighted by molar-refractivity contribution is 0.199. The van der Waals surface area contributed by atoms with Gasteiger partial charge in [0.05, 0.1) is 0 Å². The fourth-order valence-electron chi connectivity index (χ4n) is 2.33. The number of aliphatic hydroxyl groups excluding tert-OH is 1. The van der Waals surface area contributed by atoms with Crippen LogP contribution in [0, 0.1) is 18.8 Å². The topological polar surface area (TPSA) is 58.0 Å². The summed E-state index contributed by atoms with van der Waals surface area (Å²) in [6.45, 7) is 3.15. The van der Waals surface area contributed by atoms with E-state index in [0.29, 0.717) is 24.4 Å². The standard InChI is InChI=1S/C12H19N3O/c1-9-5-13-12(14-6-9)15-7-10-3-2-4-11(10)8-16/h5-6,10-11,16H,2-4,7-8H2,1H3,(H,13,14,15). The molecule has 1 fully saturated rings. The summed E-state index contributed by atoms with van der Waals surface area (Å²) >= 11 is 0. The minimum absolute atomic E-state index is 0.307. The van der Waals surface area contributed by atoms with Crippen molar-refractivity contribution in [1.82, 2.24) is 9.97 Å². The average molecular weight is 221 g/mol. The molecule has 0 amide bonds. The molecule has 1 saturated carbocycles. The highest BCUT2D eigenvalue weighted by Crippen LogP contribution is 2.31. The third-order valence-corrected chi connectivity index (χ3v) is 3.35. The third kappa shape index (κ3) is 2.70. The van der Waals surface area contributed by atoms with Crippen molar-refractivity contribution in [1.29, 1.82) is 0 Å². The number of aryl methyl sites for hydroxylation is 1. The first-order chi connectivity index (χ1) is 7.79. The summed E-state index contributed by atoms with van der Waals surface area (Å²) in [5.74, 6) is 1.71. The second-order valence-electron chi connectivity index (χ2n) is 4.60. The predicted octanol–water partition coefficient (Wildman–Crippen LogP) is 1.61. The maximum absolute atomic E-state index is 9.21. The Balaban J connectivity index is 1.85. The summed E-state index contributed by atoms with van der Waals surface area (Å²) in [6, 6.07) is 0. The molecule has 0 aromatic carbocycles. The summed E-state index contributed by atoms with van der Waals surface area (Å²) in [5, 5.41) is 12.5. The highest BCUT2D eigenvalue weighted by atomic mass is 16.3. The molecule has 4 nitrogen and oxygen atoms in total.